The predicted octanol–water partition coefficient (Wildman–Crippen LogP) is 4.78. The molecule has 0 saturated carbocycles. The summed E-state index contributed by atoms with van der Waals surface area (Å²) >= 11 is 6.35. The quantitative estimate of drug-likeness (QED) is 0.879. The molecule has 0 aliphatic heterocycles. The first-order chi connectivity index (χ1) is 9.40. The Kier molecular flexibility index (Phi) is 4.36. The zero-order valence-electron chi connectivity index (χ0n) is 12.3. The van der Waals surface area contributed by atoms with E-state index in [1.165, 1.54) is 11.1 Å². The lowest BCUT2D eigenvalue weighted by atomic mass is 10.1. The minimum Gasteiger partial charge on any atom is -0.389 e. The van der Waals surface area contributed by atoms with Gasteiger partial charge in [-0.3, -0.25) is 0 Å². The summed E-state index contributed by atoms with van der Waals surface area (Å²) in [5, 5.41) is 10.2. The highest BCUT2D eigenvalue weighted by molar-refractivity contribution is 6.33. The van der Waals surface area contributed by atoms with Crippen LogP contribution in [0, 0.1) is 13.8 Å². The van der Waals surface area contributed by atoms with Crippen molar-refractivity contribution in [2.24, 2.45) is 0 Å². The molecule has 0 bridgehead atoms. The van der Waals surface area contributed by atoms with Gasteiger partial charge in [-0.25, -0.2) is 0 Å². The average Bonchev–Trinajstić information content (AvgIpc) is 2.37. The molecule has 0 radical (unpaired) electrons. The van der Waals surface area contributed by atoms with Gasteiger partial charge in [0.15, 0.2) is 0 Å². The number of benzene rings is 2. The van der Waals surface area contributed by atoms with Crippen molar-refractivity contribution in [3.63, 3.8) is 0 Å². The summed E-state index contributed by atoms with van der Waals surface area (Å²) in [4.78, 5) is 2.07. The van der Waals surface area contributed by atoms with E-state index in [0.717, 1.165) is 16.9 Å². The number of hydrogen-bond acceptors (Lipinski definition) is 2. The van der Waals surface area contributed by atoms with Crippen LogP contribution in [0.2, 0.25) is 5.02 Å². The normalized spacial score (nSPS) is 12.3. The first-order valence-electron chi connectivity index (χ1n) is 6.68. The molecule has 0 saturated heterocycles. The number of rotatable bonds is 3. The van der Waals surface area contributed by atoms with Gasteiger partial charge in [-0.2, -0.15) is 0 Å². The van der Waals surface area contributed by atoms with Gasteiger partial charge in [-0.15, -0.1) is 0 Å². The monoisotopic (exact) mass is 289 g/mol. The van der Waals surface area contributed by atoms with E-state index in [2.05, 4.69) is 36.9 Å². The van der Waals surface area contributed by atoms with Crippen LogP contribution in [-0.2, 0) is 0 Å². The molecule has 2 nitrogen and oxygen atoms in total. The molecule has 3 heteroatoms. The average molecular weight is 290 g/mol. The van der Waals surface area contributed by atoms with Crippen LogP contribution in [0.25, 0.3) is 0 Å². The minimum absolute atomic E-state index is 0.507. The molecule has 0 aliphatic carbocycles. The Morgan fingerprint density at radius 1 is 1.05 bits per heavy atom. The summed E-state index contributed by atoms with van der Waals surface area (Å²) < 4.78 is 0. The van der Waals surface area contributed by atoms with Crippen molar-refractivity contribution in [1.82, 2.24) is 0 Å². The summed E-state index contributed by atoms with van der Waals surface area (Å²) in [6.07, 6.45) is -0.507. The molecule has 0 spiro atoms. The summed E-state index contributed by atoms with van der Waals surface area (Å²) in [6.45, 7) is 5.91. The summed E-state index contributed by atoms with van der Waals surface area (Å²) in [5.74, 6) is 0. The van der Waals surface area contributed by atoms with E-state index in [0.29, 0.717) is 5.02 Å². The zero-order chi connectivity index (χ0) is 14.9. The Morgan fingerprint density at radius 3 is 2.25 bits per heavy atom. The van der Waals surface area contributed by atoms with Crippen LogP contribution in [0.5, 0.6) is 0 Å². The minimum atomic E-state index is -0.507. The van der Waals surface area contributed by atoms with Gasteiger partial charge in [0, 0.05) is 12.7 Å². The van der Waals surface area contributed by atoms with Crippen LogP contribution >= 0.6 is 11.6 Å². The topological polar surface area (TPSA) is 23.5 Å². The molecular formula is C17H20ClNO. The number of nitrogens with zero attached hydrogens (tertiary/aromatic N) is 1. The number of aliphatic hydroxyl groups excluding tert-OH is 1. The van der Waals surface area contributed by atoms with Crippen molar-refractivity contribution < 1.29 is 5.11 Å². The second-order valence-electron chi connectivity index (χ2n) is 5.24. The van der Waals surface area contributed by atoms with Crippen molar-refractivity contribution in [2.75, 3.05) is 11.9 Å². The lowest BCUT2D eigenvalue weighted by Crippen LogP contribution is -2.11. The maximum absolute atomic E-state index is 9.60. The molecule has 0 fully saturated rings. The van der Waals surface area contributed by atoms with Crippen molar-refractivity contribution >= 4 is 23.0 Å². The molecule has 2 aromatic carbocycles. The predicted molar refractivity (Wildman–Crippen MR) is 86.1 cm³/mol. The van der Waals surface area contributed by atoms with E-state index >= 15 is 0 Å². The van der Waals surface area contributed by atoms with Gasteiger partial charge >= 0.3 is 0 Å². The lowest BCUT2D eigenvalue weighted by Gasteiger charge is -2.23. The van der Waals surface area contributed by atoms with Crippen LogP contribution in [0.4, 0.5) is 11.4 Å². The van der Waals surface area contributed by atoms with Crippen LogP contribution < -0.4 is 4.90 Å². The van der Waals surface area contributed by atoms with Crippen LogP contribution in [0.1, 0.15) is 29.7 Å². The second kappa shape index (κ2) is 5.86. The van der Waals surface area contributed by atoms with E-state index in [9.17, 15) is 5.11 Å². The third-order valence-electron chi connectivity index (χ3n) is 3.53. The van der Waals surface area contributed by atoms with Gasteiger partial charge in [-0.1, -0.05) is 35.4 Å². The summed E-state index contributed by atoms with van der Waals surface area (Å²) in [6, 6.07) is 12.0. The molecule has 20 heavy (non-hydrogen) atoms. The van der Waals surface area contributed by atoms with Gasteiger partial charge in [0.25, 0.3) is 0 Å². The third kappa shape index (κ3) is 2.97. The molecule has 0 aromatic heterocycles. The van der Waals surface area contributed by atoms with Crippen molar-refractivity contribution in [2.45, 2.75) is 26.9 Å². The fourth-order valence-corrected chi connectivity index (χ4v) is 2.68. The largest absolute Gasteiger partial charge is 0.389 e. The van der Waals surface area contributed by atoms with E-state index in [1.54, 1.807) is 6.92 Å². The maximum Gasteiger partial charge on any atom is 0.0762 e. The van der Waals surface area contributed by atoms with E-state index < -0.39 is 6.10 Å². The fraction of sp³-hybridized carbons (Fsp3) is 0.294. The molecule has 1 atom stereocenters. The van der Waals surface area contributed by atoms with Crippen molar-refractivity contribution in [3.05, 3.63) is 58.1 Å². The van der Waals surface area contributed by atoms with E-state index in [1.807, 2.05) is 25.2 Å². The molecule has 2 rings (SSSR count). The standard InChI is InChI=1S/C17H20ClNO/c1-11-5-7-16(12(2)9-11)19(4)17-8-6-14(13(3)20)10-15(17)18/h5-10,13,20H,1-4H3. The smallest absolute Gasteiger partial charge is 0.0762 e. The number of aliphatic hydroxyl groups is 1. The Hall–Kier alpha value is -1.51. The Balaban J connectivity index is 2.40. The molecule has 1 N–H and O–H groups in total. The van der Waals surface area contributed by atoms with Gasteiger partial charge < -0.3 is 10.0 Å². The highest BCUT2D eigenvalue weighted by atomic mass is 35.5. The van der Waals surface area contributed by atoms with Crippen LogP contribution in [-0.4, -0.2) is 12.2 Å². The first-order valence-corrected chi connectivity index (χ1v) is 7.06. The maximum atomic E-state index is 9.60. The Labute approximate surface area is 125 Å². The van der Waals surface area contributed by atoms with Crippen LogP contribution in [0.15, 0.2) is 36.4 Å². The number of aryl methyl sites for hydroxylation is 2. The Bertz CT molecular complexity index is 622. The third-order valence-corrected chi connectivity index (χ3v) is 3.83. The molecule has 0 heterocycles. The first kappa shape index (κ1) is 14.9. The van der Waals surface area contributed by atoms with Crippen LogP contribution in [0.3, 0.4) is 0 Å². The highest BCUT2D eigenvalue weighted by Gasteiger charge is 2.12. The van der Waals surface area contributed by atoms with Crippen molar-refractivity contribution in [3.8, 4) is 0 Å². The SMILES string of the molecule is Cc1ccc(N(C)c2ccc(C(C)O)cc2Cl)c(C)c1. The Morgan fingerprint density at radius 2 is 1.70 bits per heavy atom. The van der Waals surface area contributed by atoms with E-state index in [-0.39, 0.29) is 0 Å². The highest BCUT2D eigenvalue weighted by Crippen LogP contribution is 2.34. The summed E-state index contributed by atoms with van der Waals surface area (Å²) in [7, 11) is 2.00. The molecule has 106 valence electrons. The molecule has 1 unspecified atom stereocenters. The molecular weight excluding hydrogens is 270 g/mol. The number of hydrogen-bond donors (Lipinski definition) is 1. The molecule has 0 amide bonds. The van der Waals surface area contributed by atoms with Gasteiger partial charge in [0.05, 0.1) is 16.8 Å². The second-order valence-corrected chi connectivity index (χ2v) is 5.64. The molecule has 2 aromatic rings. The van der Waals surface area contributed by atoms with Gasteiger partial charge in [-0.05, 0) is 50.1 Å². The molecule has 0 aliphatic rings. The summed E-state index contributed by atoms with van der Waals surface area (Å²) in [5.41, 5.74) is 5.34. The van der Waals surface area contributed by atoms with Gasteiger partial charge in [0.1, 0.15) is 0 Å². The lowest BCUT2D eigenvalue weighted by molar-refractivity contribution is 0.199. The number of halogens is 1. The van der Waals surface area contributed by atoms with E-state index in [4.69, 9.17) is 11.6 Å². The fourth-order valence-electron chi connectivity index (χ4n) is 2.37. The zero-order valence-corrected chi connectivity index (χ0v) is 13.1. The number of anilines is 2. The van der Waals surface area contributed by atoms with Crippen molar-refractivity contribution in [1.29, 1.82) is 0 Å². The van der Waals surface area contributed by atoms with Gasteiger partial charge in [0.2, 0.25) is 0 Å².